The van der Waals surface area contributed by atoms with Crippen LogP contribution in [0.5, 0.6) is 17.2 Å². The lowest BCUT2D eigenvalue weighted by atomic mass is 10.0. The Morgan fingerprint density at radius 3 is 2.11 bits per heavy atom. The van der Waals surface area contributed by atoms with E-state index in [2.05, 4.69) is 5.32 Å². The number of hydrogen-bond acceptors (Lipinski definition) is 4. The Labute approximate surface area is 161 Å². The van der Waals surface area contributed by atoms with Gasteiger partial charge in [-0.25, -0.2) is 0 Å². The van der Waals surface area contributed by atoms with Gasteiger partial charge in [-0.15, -0.1) is 0 Å². The predicted molar refractivity (Wildman–Crippen MR) is 105 cm³/mol. The van der Waals surface area contributed by atoms with Crippen LogP contribution in [0.4, 0.5) is 5.69 Å². The van der Waals surface area contributed by atoms with Crippen molar-refractivity contribution in [1.29, 1.82) is 0 Å². The van der Waals surface area contributed by atoms with Crippen LogP contribution in [0.25, 0.3) is 0 Å². The molecule has 0 saturated heterocycles. The maximum Gasteiger partial charge on any atom is 0.259 e. The number of phenolic OH excluding ortho intramolecular Hbond substituents is 3. The summed E-state index contributed by atoms with van der Waals surface area (Å²) >= 11 is 5.77. The maximum absolute atomic E-state index is 12.2. The van der Waals surface area contributed by atoms with Crippen LogP contribution in [0.3, 0.4) is 0 Å². The van der Waals surface area contributed by atoms with Crippen LogP contribution >= 0.6 is 11.6 Å². The minimum atomic E-state index is -0.420. The van der Waals surface area contributed by atoms with Crippen LogP contribution in [0.15, 0.2) is 60.7 Å². The van der Waals surface area contributed by atoms with Gasteiger partial charge in [0.2, 0.25) is 0 Å². The van der Waals surface area contributed by atoms with Gasteiger partial charge in [0.25, 0.3) is 5.91 Å². The molecule has 0 heterocycles. The van der Waals surface area contributed by atoms with Gasteiger partial charge in [-0.2, -0.15) is 0 Å². The van der Waals surface area contributed by atoms with Crippen molar-refractivity contribution in [2.45, 2.75) is 12.8 Å². The molecule has 0 atom stereocenters. The second kappa shape index (κ2) is 8.01. The standard InChI is InChI=1S/C21H18ClNO4/c22-15-6-9-17(19(25)12-15)21(27)23-16-7-3-13(4-8-16)1-2-14-5-10-18(24)20(26)11-14/h3-12,24-26H,1-2H2,(H,23,27). The van der Waals surface area contributed by atoms with E-state index in [0.717, 1.165) is 17.5 Å². The van der Waals surface area contributed by atoms with E-state index >= 15 is 0 Å². The third kappa shape index (κ3) is 4.71. The van der Waals surface area contributed by atoms with Crippen molar-refractivity contribution in [3.8, 4) is 17.2 Å². The van der Waals surface area contributed by atoms with Crippen molar-refractivity contribution in [3.05, 3.63) is 82.4 Å². The molecule has 0 aliphatic carbocycles. The summed E-state index contributed by atoms with van der Waals surface area (Å²) < 4.78 is 0. The number of amides is 1. The molecule has 4 N–H and O–H groups in total. The van der Waals surface area contributed by atoms with Gasteiger partial charge in [-0.3, -0.25) is 4.79 Å². The van der Waals surface area contributed by atoms with Crippen LogP contribution in [0.1, 0.15) is 21.5 Å². The first-order valence-electron chi connectivity index (χ1n) is 8.32. The molecule has 0 radical (unpaired) electrons. The molecule has 3 aromatic rings. The first-order chi connectivity index (χ1) is 12.9. The van der Waals surface area contributed by atoms with Gasteiger partial charge >= 0.3 is 0 Å². The SMILES string of the molecule is O=C(Nc1ccc(CCc2ccc(O)c(O)c2)cc1)c1ccc(Cl)cc1O. The average Bonchev–Trinajstić information content (AvgIpc) is 2.64. The summed E-state index contributed by atoms with van der Waals surface area (Å²) in [5.41, 5.74) is 2.74. The Morgan fingerprint density at radius 2 is 1.44 bits per heavy atom. The van der Waals surface area contributed by atoms with Gasteiger partial charge in [0.05, 0.1) is 5.56 Å². The van der Waals surface area contributed by atoms with E-state index in [-0.39, 0.29) is 22.8 Å². The third-order valence-electron chi connectivity index (χ3n) is 4.16. The van der Waals surface area contributed by atoms with Gasteiger partial charge in [-0.1, -0.05) is 29.8 Å². The number of halogens is 1. The van der Waals surface area contributed by atoms with Gasteiger partial charge in [0, 0.05) is 10.7 Å². The van der Waals surface area contributed by atoms with Crippen LogP contribution in [-0.2, 0) is 12.8 Å². The van der Waals surface area contributed by atoms with Crippen molar-refractivity contribution in [3.63, 3.8) is 0 Å². The fourth-order valence-electron chi connectivity index (χ4n) is 2.66. The van der Waals surface area contributed by atoms with Gasteiger partial charge < -0.3 is 20.6 Å². The van der Waals surface area contributed by atoms with E-state index in [4.69, 9.17) is 11.6 Å². The zero-order valence-corrected chi connectivity index (χ0v) is 15.1. The topological polar surface area (TPSA) is 89.8 Å². The van der Waals surface area contributed by atoms with E-state index in [1.54, 1.807) is 30.3 Å². The number of benzene rings is 3. The van der Waals surface area contributed by atoms with Crippen LogP contribution in [-0.4, -0.2) is 21.2 Å². The Balaban J connectivity index is 1.61. The molecule has 1 amide bonds. The predicted octanol–water partition coefficient (Wildman–Crippen LogP) is 4.49. The second-order valence-corrected chi connectivity index (χ2v) is 6.57. The lowest BCUT2D eigenvalue weighted by Gasteiger charge is -2.08. The molecule has 0 aliphatic rings. The first-order valence-corrected chi connectivity index (χ1v) is 8.70. The molecule has 27 heavy (non-hydrogen) atoms. The van der Waals surface area contributed by atoms with Crippen molar-refractivity contribution < 1.29 is 20.1 Å². The van der Waals surface area contributed by atoms with Crippen LogP contribution in [0, 0.1) is 0 Å². The minimum Gasteiger partial charge on any atom is -0.507 e. The van der Waals surface area contributed by atoms with E-state index in [9.17, 15) is 20.1 Å². The van der Waals surface area contributed by atoms with Crippen molar-refractivity contribution >= 4 is 23.2 Å². The average molecular weight is 384 g/mol. The molecule has 6 heteroatoms. The number of nitrogens with one attached hydrogen (secondary N) is 1. The molecular formula is C21H18ClNO4. The number of carbonyl (C=O) groups is 1. The van der Waals surface area contributed by atoms with Gasteiger partial charge in [0.1, 0.15) is 5.75 Å². The minimum absolute atomic E-state index is 0.129. The highest BCUT2D eigenvalue weighted by Gasteiger charge is 2.11. The molecule has 0 aromatic heterocycles. The van der Waals surface area contributed by atoms with E-state index in [0.29, 0.717) is 17.1 Å². The zero-order valence-electron chi connectivity index (χ0n) is 14.3. The summed E-state index contributed by atoms with van der Waals surface area (Å²) in [5.74, 6) is -0.855. The summed E-state index contributed by atoms with van der Waals surface area (Å²) in [7, 11) is 0. The fourth-order valence-corrected chi connectivity index (χ4v) is 2.83. The fraction of sp³-hybridized carbons (Fsp3) is 0.0952. The van der Waals surface area contributed by atoms with Crippen LogP contribution < -0.4 is 5.32 Å². The van der Waals surface area contributed by atoms with Gasteiger partial charge in [0.15, 0.2) is 11.5 Å². The van der Waals surface area contributed by atoms with Crippen molar-refractivity contribution in [1.82, 2.24) is 0 Å². The first kappa shape index (κ1) is 18.6. The largest absolute Gasteiger partial charge is 0.507 e. The number of phenols is 3. The number of rotatable bonds is 5. The highest BCUT2D eigenvalue weighted by atomic mass is 35.5. The summed E-state index contributed by atoms with van der Waals surface area (Å²) in [4.78, 5) is 12.2. The quantitative estimate of drug-likeness (QED) is 0.488. The molecule has 3 aromatic carbocycles. The molecular weight excluding hydrogens is 366 g/mol. The molecule has 5 nitrogen and oxygen atoms in total. The van der Waals surface area contributed by atoms with Crippen molar-refractivity contribution in [2.75, 3.05) is 5.32 Å². The number of aromatic hydroxyl groups is 3. The summed E-state index contributed by atoms with van der Waals surface area (Å²) in [6.45, 7) is 0. The lowest BCUT2D eigenvalue weighted by molar-refractivity contribution is 0.102. The second-order valence-electron chi connectivity index (χ2n) is 6.14. The highest BCUT2D eigenvalue weighted by molar-refractivity contribution is 6.31. The molecule has 3 rings (SSSR count). The summed E-state index contributed by atoms with van der Waals surface area (Å²) in [6, 6.07) is 16.5. The number of anilines is 1. The summed E-state index contributed by atoms with van der Waals surface area (Å²) in [5, 5.41) is 31.8. The molecule has 0 aliphatic heterocycles. The zero-order chi connectivity index (χ0) is 19.4. The Kier molecular flexibility index (Phi) is 5.52. The van der Waals surface area contributed by atoms with Crippen LogP contribution in [0.2, 0.25) is 5.02 Å². The summed E-state index contributed by atoms with van der Waals surface area (Å²) in [6.07, 6.45) is 1.45. The number of hydrogen-bond donors (Lipinski definition) is 4. The Hall–Kier alpha value is -3.18. The Bertz CT molecular complexity index is 970. The third-order valence-corrected chi connectivity index (χ3v) is 4.39. The molecule has 0 bridgehead atoms. The van der Waals surface area contributed by atoms with E-state index < -0.39 is 5.91 Å². The lowest BCUT2D eigenvalue weighted by Crippen LogP contribution is -2.12. The monoisotopic (exact) mass is 383 g/mol. The molecule has 0 spiro atoms. The van der Waals surface area contributed by atoms with E-state index in [1.807, 2.05) is 12.1 Å². The molecule has 0 saturated carbocycles. The molecule has 0 fully saturated rings. The normalized spacial score (nSPS) is 10.6. The smallest absolute Gasteiger partial charge is 0.259 e. The molecule has 138 valence electrons. The van der Waals surface area contributed by atoms with Gasteiger partial charge in [-0.05, 0) is 66.4 Å². The molecule has 0 unspecified atom stereocenters. The van der Waals surface area contributed by atoms with E-state index in [1.165, 1.54) is 18.2 Å². The maximum atomic E-state index is 12.2. The van der Waals surface area contributed by atoms with Crippen molar-refractivity contribution in [2.24, 2.45) is 0 Å². The number of carbonyl (C=O) groups excluding carboxylic acids is 1. The highest BCUT2D eigenvalue weighted by Crippen LogP contribution is 2.26. The number of aryl methyl sites for hydroxylation is 2. The Morgan fingerprint density at radius 1 is 0.778 bits per heavy atom.